The summed E-state index contributed by atoms with van der Waals surface area (Å²) in [5, 5.41) is 0. The molecule has 47 heavy (non-hydrogen) atoms. The van der Waals surface area contributed by atoms with Gasteiger partial charge in [0.15, 0.2) is 6.04 Å². The minimum absolute atomic E-state index is 0.0963. The Balaban J connectivity index is 1.26. The molecule has 264 valence electrons. The largest absolute Gasteiger partial charge is 0.376 e. The van der Waals surface area contributed by atoms with Gasteiger partial charge in [0.1, 0.15) is 12.2 Å². The molecule has 0 saturated heterocycles. The Morgan fingerprint density at radius 3 is 2.15 bits per heavy atom. The second-order valence-electron chi connectivity index (χ2n) is 12.4. The molecule has 0 spiro atoms. The third-order valence-electron chi connectivity index (χ3n) is 8.32. The van der Waals surface area contributed by atoms with Gasteiger partial charge in [-0.15, -0.1) is 0 Å². The van der Waals surface area contributed by atoms with E-state index in [1.807, 2.05) is 30.3 Å². The number of nitrogens with zero attached hydrogens (tertiary/aromatic N) is 4. The topological polar surface area (TPSA) is 137 Å². The minimum Gasteiger partial charge on any atom is -0.376 e. The lowest BCUT2D eigenvalue weighted by Crippen LogP contribution is -2.41. The van der Waals surface area contributed by atoms with Gasteiger partial charge in [-0.25, -0.2) is 0 Å². The predicted octanol–water partition coefficient (Wildman–Crippen LogP) is 7.63. The maximum absolute atomic E-state index is 13.6. The first-order valence-corrected chi connectivity index (χ1v) is 19.5. The summed E-state index contributed by atoms with van der Waals surface area (Å²) in [6.07, 6.45) is 21.2. The molecule has 1 aromatic rings. The van der Waals surface area contributed by atoms with E-state index in [-0.39, 0.29) is 38.2 Å². The van der Waals surface area contributed by atoms with Gasteiger partial charge in [-0.3, -0.25) is 14.4 Å². The van der Waals surface area contributed by atoms with Crippen molar-refractivity contribution in [1.82, 2.24) is 4.90 Å². The molecule has 3 unspecified atom stereocenters. The number of benzene rings is 1. The van der Waals surface area contributed by atoms with Crippen LogP contribution in [0.4, 0.5) is 0 Å². The highest BCUT2D eigenvalue weighted by molar-refractivity contribution is 7.53. The molecular formula is C35H58N5O6P. The summed E-state index contributed by atoms with van der Waals surface area (Å²) in [7, 11) is -3.58. The molecule has 11 nitrogen and oxygen atoms in total. The second kappa shape index (κ2) is 23.0. The third-order valence-corrected chi connectivity index (χ3v) is 9.91. The summed E-state index contributed by atoms with van der Waals surface area (Å²) in [5.74, 6) is -0.136. The van der Waals surface area contributed by atoms with Crippen molar-refractivity contribution in [2.45, 2.75) is 129 Å². The van der Waals surface area contributed by atoms with Crippen molar-refractivity contribution in [3.05, 3.63) is 35.9 Å². The summed E-state index contributed by atoms with van der Waals surface area (Å²) in [6, 6.07) is 8.73. The van der Waals surface area contributed by atoms with E-state index in [4.69, 9.17) is 24.3 Å². The van der Waals surface area contributed by atoms with E-state index in [9.17, 15) is 9.36 Å². The molecule has 3 rings (SSSR count). The van der Waals surface area contributed by atoms with Crippen LogP contribution in [0.3, 0.4) is 0 Å². The molecule has 0 aliphatic carbocycles. The number of ether oxygens (including phenoxy) is 2. The number of carbonyl (C=O) groups is 1. The maximum atomic E-state index is 13.6. The van der Waals surface area contributed by atoms with Crippen LogP contribution in [0.1, 0.15) is 116 Å². The van der Waals surface area contributed by atoms with E-state index >= 15 is 0 Å². The highest BCUT2D eigenvalue weighted by atomic mass is 31.2. The van der Waals surface area contributed by atoms with Crippen LogP contribution in [0.25, 0.3) is 0 Å². The fourth-order valence-corrected chi connectivity index (χ4v) is 6.83. The zero-order valence-corrected chi connectivity index (χ0v) is 29.6. The van der Waals surface area contributed by atoms with Gasteiger partial charge in [-0.2, -0.15) is 9.98 Å². The van der Waals surface area contributed by atoms with E-state index in [2.05, 4.69) is 28.8 Å². The molecule has 1 amide bonds. The number of fused-ring (bicyclic) bond motifs is 1. The lowest BCUT2D eigenvalue weighted by atomic mass is 10.0. The number of hydrogen-bond acceptors (Lipinski definition) is 10. The summed E-state index contributed by atoms with van der Waals surface area (Å²) in [4.78, 5) is 25.6. The van der Waals surface area contributed by atoms with Crippen LogP contribution in [0.2, 0.25) is 0 Å². The first kappa shape index (κ1) is 39.0. The van der Waals surface area contributed by atoms with Crippen molar-refractivity contribution in [2.75, 3.05) is 32.7 Å². The normalized spacial score (nSPS) is 17.8. The summed E-state index contributed by atoms with van der Waals surface area (Å²) >= 11 is 0. The molecule has 1 aromatic carbocycles. The minimum atomic E-state index is -3.58. The summed E-state index contributed by atoms with van der Waals surface area (Å²) in [5.41, 5.74) is 6.52. The smallest absolute Gasteiger partial charge is 0.356 e. The van der Waals surface area contributed by atoms with Gasteiger partial charge < -0.3 is 29.2 Å². The summed E-state index contributed by atoms with van der Waals surface area (Å²) < 4.78 is 36.8. The quantitative estimate of drug-likeness (QED) is 0.0707. The van der Waals surface area contributed by atoms with Crippen LogP contribution in [0.15, 0.2) is 45.3 Å². The fourth-order valence-electron chi connectivity index (χ4n) is 5.55. The first-order valence-electron chi connectivity index (χ1n) is 17.8. The monoisotopic (exact) mass is 675 g/mol. The van der Waals surface area contributed by atoms with E-state index < -0.39 is 19.5 Å². The Hall–Kier alpha value is -2.43. The molecule has 0 saturated carbocycles. The summed E-state index contributed by atoms with van der Waals surface area (Å²) in [6.45, 7) is 5.45. The number of unbranched alkanes of at least 4 members (excludes halogenated alkanes) is 13. The van der Waals surface area contributed by atoms with Gasteiger partial charge in [0.05, 0.1) is 38.9 Å². The number of rotatable bonds is 28. The van der Waals surface area contributed by atoms with E-state index in [1.165, 1.54) is 89.8 Å². The van der Waals surface area contributed by atoms with E-state index in [0.717, 1.165) is 18.4 Å². The third kappa shape index (κ3) is 16.0. The Kier molecular flexibility index (Phi) is 19.1. The van der Waals surface area contributed by atoms with Crippen molar-refractivity contribution < 1.29 is 27.9 Å². The number of amides is 1. The van der Waals surface area contributed by atoms with Crippen LogP contribution < -0.4 is 5.73 Å². The molecule has 0 bridgehead atoms. The second-order valence-corrected chi connectivity index (χ2v) is 14.4. The average molecular weight is 676 g/mol. The van der Waals surface area contributed by atoms with Crippen molar-refractivity contribution in [1.29, 1.82) is 0 Å². The standard InChI is InChI=1S/C35H58N5O6P/c1-3-4-5-6-7-8-9-10-11-12-13-14-15-17-20-30(2)44-25-26-45-47(42,46-27-31-21-18-16-19-22-31)29-43-24-23-40-28-37-32-33(40)38-35(36)39-34(32)41/h16,18-19,21-22,28,30,32H,3-15,17,20,23-27,29H2,1-2H3,(H2,36,39,41). The highest BCUT2D eigenvalue weighted by Crippen LogP contribution is 2.48. The SMILES string of the molecule is CCCCCCCCCCCCCCCCC(C)OCCOP(=O)(COCCN1C=NC2C(=O)N=C(N)N=C21)OCc1ccccc1. The Bertz CT molecular complexity index is 1160. The molecule has 0 aromatic heterocycles. The number of nitrogens with two attached hydrogens (primary N) is 1. The molecule has 2 heterocycles. The lowest BCUT2D eigenvalue weighted by molar-refractivity contribution is -0.117. The lowest BCUT2D eigenvalue weighted by Gasteiger charge is -2.22. The molecule has 0 radical (unpaired) electrons. The van der Waals surface area contributed by atoms with Crippen molar-refractivity contribution in [3.63, 3.8) is 0 Å². The number of carbonyl (C=O) groups excluding carboxylic acids is 1. The van der Waals surface area contributed by atoms with Crippen LogP contribution in [-0.2, 0) is 34.5 Å². The Morgan fingerprint density at radius 1 is 0.851 bits per heavy atom. The van der Waals surface area contributed by atoms with Crippen LogP contribution >= 0.6 is 7.60 Å². The van der Waals surface area contributed by atoms with Gasteiger partial charge in [0.2, 0.25) is 5.96 Å². The van der Waals surface area contributed by atoms with E-state index in [1.54, 1.807) is 4.90 Å². The Morgan fingerprint density at radius 2 is 1.49 bits per heavy atom. The molecule has 2 aliphatic rings. The van der Waals surface area contributed by atoms with Crippen LogP contribution in [0.5, 0.6) is 0 Å². The maximum Gasteiger partial charge on any atom is 0.356 e. The molecule has 2 aliphatic heterocycles. The van der Waals surface area contributed by atoms with Crippen molar-refractivity contribution in [3.8, 4) is 0 Å². The predicted molar refractivity (Wildman–Crippen MR) is 189 cm³/mol. The molecule has 12 heteroatoms. The molecular weight excluding hydrogens is 617 g/mol. The zero-order valence-electron chi connectivity index (χ0n) is 28.7. The van der Waals surface area contributed by atoms with Gasteiger partial charge >= 0.3 is 7.60 Å². The highest BCUT2D eigenvalue weighted by Gasteiger charge is 2.35. The van der Waals surface area contributed by atoms with Crippen LogP contribution in [0, 0.1) is 0 Å². The van der Waals surface area contributed by atoms with Gasteiger partial charge in [-0.05, 0) is 18.9 Å². The molecule has 3 atom stereocenters. The Labute approximate surface area is 282 Å². The van der Waals surface area contributed by atoms with Gasteiger partial charge in [-0.1, -0.05) is 127 Å². The van der Waals surface area contributed by atoms with Gasteiger partial charge in [0.25, 0.3) is 5.91 Å². The van der Waals surface area contributed by atoms with E-state index in [0.29, 0.717) is 19.0 Å². The average Bonchev–Trinajstić information content (AvgIpc) is 3.48. The number of amidine groups is 1. The molecule has 2 N–H and O–H groups in total. The van der Waals surface area contributed by atoms with Crippen molar-refractivity contribution >= 4 is 31.6 Å². The zero-order chi connectivity index (χ0) is 33.6. The number of guanidine groups is 1. The molecule has 0 fully saturated rings. The number of hydrogen-bond donors (Lipinski definition) is 1. The van der Waals surface area contributed by atoms with Crippen LogP contribution in [-0.4, -0.2) is 73.8 Å². The number of aliphatic imine (C=N–C) groups is 3. The van der Waals surface area contributed by atoms with Crippen molar-refractivity contribution in [2.24, 2.45) is 20.7 Å². The van der Waals surface area contributed by atoms with Gasteiger partial charge in [0, 0.05) is 6.54 Å². The fraction of sp³-hybridized carbons (Fsp3) is 0.714. The first-order chi connectivity index (χ1) is 22.9.